The first-order chi connectivity index (χ1) is 11.1. The highest BCUT2D eigenvalue weighted by atomic mass is 32.2. The third kappa shape index (κ3) is 5.93. The molecule has 0 aromatic rings. The minimum absolute atomic E-state index is 0.0353. The van der Waals surface area contributed by atoms with Gasteiger partial charge < -0.3 is 21.1 Å². The number of amides is 3. The van der Waals surface area contributed by atoms with Crippen LogP contribution in [0.1, 0.15) is 44.9 Å². The Morgan fingerprint density at radius 1 is 1.17 bits per heavy atom. The largest absolute Gasteiger partial charge is 0.481 e. The first-order valence-electron chi connectivity index (χ1n) is 8.23. The van der Waals surface area contributed by atoms with Crippen LogP contribution in [-0.4, -0.2) is 52.6 Å². The monoisotopic (exact) mass is 343 g/mol. The van der Waals surface area contributed by atoms with Crippen LogP contribution >= 0.6 is 11.8 Å². The van der Waals surface area contributed by atoms with Crippen LogP contribution in [0.3, 0.4) is 0 Å². The van der Waals surface area contributed by atoms with Crippen molar-refractivity contribution in [2.45, 2.75) is 62.3 Å². The Morgan fingerprint density at radius 3 is 2.74 bits per heavy atom. The van der Waals surface area contributed by atoms with Gasteiger partial charge in [0.15, 0.2) is 0 Å². The Morgan fingerprint density at radius 2 is 1.96 bits per heavy atom. The Hall–Kier alpha value is -1.44. The van der Waals surface area contributed by atoms with Crippen molar-refractivity contribution >= 4 is 29.7 Å². The highest BCUT2D eigenvalue weighted by Gasteiger charge is 2.42. The lowest BCUT2D eigenvalue weighted by Gasteiger charge is -2.16. The molecule has 0 radical (unpaired) electrons. The van der Waals surface area contributed by atoms with E-state index in [0.29, 0.717) is 31.1 Å². The molecule has 4 N–H and O–H groups in total. The van der Waals surface area contributed by atoms with Gasteiger partial charge in [-0.25, -0.2) is 4.79 Å². The maximum Gasteiger partial charge on any atom is 0.315 e. The van der Waals surface area contributed by atoms with Crippen LogP contribution in [0.25, 0.3) is 0 Å². The molecule has 3 amide bonds. The van der Waals surface area contributed by atoms with Gasteiger partial charge in [-0.1, -0.05) is 6.42 Å². The molecule has 0 saturated carbocycles. The van der Waals surface area contributed by atoms with Gasteiger partial charge in [0.25, 0.3) is 0 Å². The Bertz CT molecular complexity index is 446. The summed E-state index contributed by atoms with van der Waals surface area (Å²) in [5.74, 6) is 0.204. The fraction of sp³-hybridized carbons (Fsp3) is 0.800. The van der Waals surface area contributed by atoms with E-state index in [-0.39, 0.29) is 30.4 Å². The first-order valence-corrected chi connectivity index (χ1v) is 9.28. The van der Waals surface area contributed by atoms with E-state index in [0.717, 1.165) is 25.0 Å². The van der Waals surface area contributed by atoms with E-state index in [4.69, 9.17) is 5.11 Å². The van der Waals surface area contributed by atoms with Gasteiger partial charge in [-0.2, -0.15) is 11.8 Å². The van der Waals surface area contributed by atoms with Crippen LogP contribution in [0.4, 0.5) is 4.79 Å². The Kier molecular flexibility index (Phi) is 7.01. The van der Waals surface area contributed by atoms with E-state index < -0.39 is 5.97 Å². The van der Waals surface area contributed by atoms with Crippen LogP contribution < -0.4 is 16.0 Å². The SMILES string of the molecule is O=C(O)CCCCNC(=O)CCCC[C@@H]1SC[C@@H]2NC(=O)N[C@@H]21. The molecule has 23 heavy (non-hydrogen) atoms. The van der Waals surface area contributed by atoms with Crippen molar-refractivity contribution in [3.63, 3.8) is 0 Å². The summed E-state index contributed by atoms with van der Waals surface area (Å²) in [6.45, 7) is 0.548. The molecule has 2 aliphatic rings. The lowest BCUT2D eigenvalue weighted by atomic mass is 10.0. The molecule has 7 nitrogen and oxygen atoms in total. The molecule has 2 saturated heterocycles. The van der Waals surface area contributed by atoms with E-state index >= 15 is 0 Å². The normalized spacial score (nSPS) is 25.6. The fourth-order valence-electron chi connectivity index (χ4n) is 2.99. The number of carboxylic acid groups (broad SMARTS) is 1. The van der Waals surface area contributed by atoms with Gasteiger partial charge in [0.2, 0.25) is 5.91 Å². The summed E-state index contributed by atoms with van der Waals surface area (Å²) in [6, 6.07) is 0.426. The number of hydrogen-bond acceptors (Lipinski definition) is 4. The van der Waals surface area contributed by atoms with Gasteiger partial charge in [-0.3, -0.25) is 9.59 Å². The number of carbonyl (C=O) groups is 3. The molecule has 3 atom stereocenters. The minimum atomic E-state index is -0.794. The van der Waals surface area contributed by atoms with Gasteiger partial charge in [0.1, 0.15) is 0 Å². The second kappa shape index (κ2) is 9.00. The van der Waals surface area contributed by atoms with Crippen LogP contribution in [0.2, 0.25) is 0 Å². The molecule has 0 aromatic carbocycles. The standard InChI is InChI=1S/C15H25N3O4S/c19-12(16-8-4-3-7-13(20)21)6-2-1-5-11-14-10(9-23-11)17-15(22)18-14/h10-11,14H,1-9H2,(H,16,19)(H,20,21)(H2,17,18,22)/t10-,11-,14-/m0/s1. The number of aliphatic carboxylic acids is 1. The number of urea groups is 1. The van der Waals surface area contributed by atoms with Crippen molar-refractivity contribution in [1.29, 1.82) is 0 Å². The van der Waals surface area contributed by atoms with Crippen LogP contribution in [-0.2, 0) is 9.59 Å². The number of rotatable bonds is 10. The number of unbranched alkanes of at least 4 members (excludes halogenated alkanes) is 2. The number of carbonyl (C=O) groups excluding carboxylic acids is 2. The molecule has 2 rings (SSSR count). The summed E-state index contributed by atoms with van der Waals surface area (Å²) in [7, 11) is 0. The molecule has 0 bridgehead atoms. The van der Waals surface area contributed by atoms with Crippen molar-refractivity contribution in [3.05, 3.63) is 0 Å². The van der Waals surface area contributed by atoms with Crippen molar-refractivity contribution in [2.75, 3.05) is 12.3 Å². The quantitative estimate of drug-likeness (QED) is 0.351. The van der Waals surface area contributed by atoms with Crippen molar-refractivity contribution in [1.82, 2.24) is 16.0 Å². The van der Waals surface area contributed by atoms with Crippen molar-refractivity contribution in [2.24, 2.45) is 0 Å². The van der Waals surface area contributed by atoms with Crippen LogP contribution in [0, 0.1) is 0 Å². The molecule has 0 aromatic heterocycles. The molecule has 0 unspecified atom stereocenters. The van der Waals surface area contributed by atoms with Gasteiger partial charge >= 0.3 is 12.0 Å². The van der Waals surface area contributed by atoms with E-state index in [1.165, 1.54) is 0 Å². The molecule has 2 heterocycles. The van der Waals surface area contributed by atoms with Crippen LogP contribution in [0.15, 0.2) is 0 Å². The van der Waals surface area contributed by atoms with Gasteiger partial charge in [-0.05, 0) is 25.7 Å². The van der Waals surface area contributed by atoms with E-state index in [9.17, 15) is 14.4 Å². The molecule has 2 fully saturated rings. The predicted molar refractivity (Wildman–Crippen MR) is 88.5 cm³/mol. The number of fused-ring (bicyclic) bond motifs is 1. The second-order valence-electron chi connectivity index (χ2n) is 6.07. The maximum absolute atomic E-state index is 11.7. The van der Waals surface area contributed by atoms with E-state index in [1.807, 2.05) is 11.8 Å². The topological polar surface area (TPSA) is 108 Å². The third-order valence-electron chi connectivity index (χ3n) is 4.22. The van der Waals surface area contributed by atoms with Crippen molar-refractivity contribution in [3.8, 4) is 0 Å². The summed E-state index contributed by atoms with van der Waals surface area (Å²) in [4.78, 5) is 33.3. The summed E-state index contributed by atoms with van der Waals surface area (Å²) in [5.41, 5.74) is 0. The fourth-order valence-corrected chi connectivity index (χ4v) is 4.54. The number of thioether (sulfide) groups is 1. The zero-order valence-electron chi connectivity index (χ0n) is 13.2. The average molecular weight is 343 g/mol. The van der Waals surface area contributed by atoms with E-state index in [1.54, 1.807) is 0 Å². The minimum Gasteiger partial charge on any atom is -0.481 e. The molecule has 130 valence electrons. The molecule has 8 heteroatoms. The highest BCUT2D eigenvalue weighted by Crippen LogP contribution is 2.33. The third-order valence-corrected chi connectivity index (χ3v) is 5.73. The van der Waals surface area contributed by atoms with Crippen molar-refractivity contribution < 1.29 is 19.5 Å². The first kappa shape index (κ1) is 17.9. The zero-order chi connectivity index (χ0) is 16.7. The number of nitrogens with one attached hydrogen (secondary N) is 3. The van der Waals surface area contributed by atoms with Gasteiger partial charge in [-0.15, -0.1) is 0 Å². The van der Waals surface area contributed by atoms with Gasteiger partial charge in [0, 0.05) is 30.4 Å². The number of hydrogen-bond donors (Lipinski definition) is 4. The number of carboxylic acids is 1. The Labute approximate surface area is 140 Å². The molecule has 0 aliphatic carbocycles. The molecular weight excluding hydrogens is 318 g/mol. The summed E-state index contributed by atoms with van der Waals surface area (Å²) >= 11 is 1.89. The van der Waals surface area contributed by atoms with Gasteiger partial charge in [0.05, 0.1) is 12.1 Å². The lowest BCUT2D eigenvalue weighted by molar-refractivity contribution is -0.137. The molecule has 2 aliphatic heterocycles. The predicted octanol–water partition coefficient (Wildman–Crippen LogP) is 1.08. The lowest BCUT2D eigenvalue weighted by Crippen LogP contribution is -2.36. The molecule has 0 spiro atoms. The summed E-state index contributed by atoms with van der Waals surface area (Å²) in [5, 5.41) is 17.7. The summed E-state index contributed by atoms with van der Waals surface area (Å²) < 4.78 is 0. The Balaban J connectivity index is 1.48. The smallest absolute Gasteiger partial charge is 0.315 e. The second-order valence-corrected chi connectivity index (χ2v) is 7.34. The van der Waals surface area contributed by atoms with Crippen LogP contribution in [0.5, 0.6) is 0 Å². The zero-order valence-corrected chi connectivity index (χ0v) is 14.0. The highest BCUT2D eigenvalue weighted by molar-refractivity contribution is 8.00. The maximum atomic E-state index is 11.7. The van der Waals surface area contributed by atoms with E-state index in [2.05, 4.69) is 16.0 Å². The summed E-state index contributed by atoms with van der Waals surface area (Å²) in [6.07, 6.45) is 4.79. The molecular formula is C15H25N3O4S. The average Bonchev–Trinajstić information content (AvgIpc) is 3.02.